The molecule has 0 aliphatic heterocycles. The summed E-state index contributed by atoms with van der Waals surface area (Å²) in [7, 11) is 2.02. The van der Waals surface area contributed by atoms with Gasteiger partial charge in [0.2, 0.25) is 0 Å². The number of carbonyl (C=O) groups excluding carboxylic acids is 1. The van der Waals surface area contributed by atoms with Crippen molar-refractivity contribution in [3.05, 3.63) is 83.7 Å². The third-order valence-corrected chi connectivity index (χ3v) is 5.46. The number of para-hydroxylation sites is 1. The molecule has 0 spiro atoms. The van der Waals surface area contributed by atoms with E-state index in [9.17, 15) is 4.79 Å². The Bertz CT molecular complexity index is 1420. The lowest BCUT2D eigenvalue weighted by atomic mass is 10.1. The van der Waals surface area contributed by atoms with Crippen LogP contribution in [0.3, 0.4) is 0 Å². The Labute approximate surface area is 167 Å². The van der Waals surface area contributed by atoms with Gasteiger partial charge in [-0.15, -0.1) is 0 Å². The highest BCUT2D eigenvalue weighted by atomic mass is 16.3. The fourth-order valence-electron chi connectivity index (χ4n) is 3.83. The molecule has 0 unspecified atom stereocenters. The van der Waals surface area contributed by atoms with Gasteiger partial charge < -0.3 is 8.98 Å². The maximum absolute atomic E-state index is 12.6. The summed E-state index contributed by atoms with van der Waals surface area (Å²) < 4.78 is 7.86. The molecule has 1 amide bonds. The number of hydrogen-bond acceptors (Lipinski definition) is 3. The molecule has 5 heteroatoms. The Morgan fingerprint density at radius 1 is 1.00 bits per heavy atom. The van der Waals surface area contributed by atoms with Gasteiger partial charge in [0.15, 0.2) is 5.76 Å². The fraction of sp³-hybridized carbons (Fsp3) is 0.0833. The Kier molecular flexibility index (Phi) is 3.95. The van der Waals surface area contributed by atoms with Crippen molar-refractivity contribution in [2.75, 3.05) is 0 Å². The number of hydrogen-bond donors (Lipinski definition) is 1. The lowest BCUT2D eigenvalue weighted by Gasteiger charge is -1.98. The van der Waals surface area contributed by atoms with E-state index in [1.165, 1.54) is 0 Å². The normalized spacial score (nSPS) is 11.8. The number of rotatable bonds is 3. The maximum atomic E-state index is 12.6. The smallest absolute Gasteiger partial charge is 0.307 e. The minimum Gasteiger partial charge on any atom is -0.451 e. The summed E-state index contributed by atoms with van der Waals surface area (Å²) >= 11 is 0. The van der Waals surface area contributed by atoms with Crippen LogP contribution in [0.15, 0.2) is 76.2 Å². The van der Waals surface area contributed by atoms with Crippen LogP contribution in [0.25, 0.3) is 32.6 Å². The molecule has 5 nitrogen and oxygen atoms in total. The molecular formula is C24H19N3O2. The zero-order chi connectivity index (χ0) is 20.0. The first-order chi connectivity index (χ1) is 14.1. The zero-order valence-electron chi connectivity index (χ0n) is 16.1. The van der Waals surface area contributed by atoms with Crippen LogP contribution in [-0.2, 0) is 7.05 Å². The lowest BCUT2D eigenvalue weighted by Crippen LogP contribution is -2.16. The van der Waals surface area contributed by atoms with Gasteiger partial charge in [-0.25, -0.2) is 5.43 Å². The molecule has 5 rings (SSSR count). The van der Waals surface area contributed by atoms with Crippen molar-refractivity contribution < 1.29 is 9.21 Å². The minimum atomic E-state index is -0.376. The number of amides is 1. The molecule has 0 saturated heterocycles. The Hall–Kier alpha value is -3.86. The molecule has 0 atom stereocenters. The monoisotopic (exact) mass is 381 g/mol. The van der Waals surface area contributed by atoms with Crippen molar-refractivity contribution in [2.45, 2.75) is 6.92 Å². The summed E-state index contributed by atoms with van der Waals surface area (Å²) in [5, 5.41) is 8.36. The first-order valence-corrected chi connectivity index (χ1v) is 9.42. The number of aryl methyl sites for hydroxylation is 1. The molecule has 2 heterocycles. The molecule has 0 bridgehead atoms. The van der Waals surface area contributed by atoms with Crippen molar-refractivity contribution in [3.63, 3.8) is 0 Å². The van der Waals surface area contributed by atoms with Gasteiger partial charge in [-0.05, 0) is 35.9 Å². The maximum Gasteiger partial charge on any atom is 0.307 e. The lowest BCUT2D eigenvalue weighted by molar-refractivity contribution is 0.0929. The molecule has 2 aromatic heterocycles. The van der Waals surface area contributed by atoms with Crippen LogP contribution in [0.4, 0.5) is 0 Å². The first kappa shape index (κ1) is 17.3. The molecule has 5 aromatic rings. The summed E-state index contributed by atoms with van der Waals surface area (Å²) in [6.45, 7) is 2.04. The van der Waals surface area contributed by atoms with Crippen molar-refractivity contribution in [1.29, 1.82) is 0 Å². The molecule has 0 saturated carbocycles. The summed E-state index contributed by atoms with van der Waals surface area (Å²) in [5.41, 5.74) is 6.46. The van der Waals surface area contributed by atoms with Gasteiger partial charge in [0.05, 0.1) is 6.21 Å². The van der Waals surface area contributed by atoms with Gasteiger partial charge in [-0.1, -0.05) is 48.5 Å². The Balaban J connectivity index is 1.44. The second-order valence-electron chi connectivity index (χ2n) is 7.08. The predicted molar refractivity (Wildman–Crippen MR) is 116 cm³/mol. The second-order valence-corrected chi connectivity index (χ2v) is 7.08. The van der Waals surface area contributed by atoms with E-state index in [1.807, 2.05) is 62.5 Å². The van der Waals surface area contributed by atoms with Crippen LogP contribution in [0.2, 0.25) is 0 Å². The number of furan rings is 1. The number of carbonyl (C=O) groups is 1. The number of aromatic nitrogens is 1. The van der Waals surface area contributed by atoms with Crippen molar-refractivity contribution in [1.82, 2.24) is 9.99 Å². The van der Waals surface area contributed by atoms with Crippen LogP contribution in [0, 0.1) is 6.92 Å². The van der Waals surface area contributed by atoms with Gasteiger partial charge in [-0.2, -0.15) is 5.10 Å². The van der Waals surface area contributed by atoms with Gasteiger partial charge in [0.25, 0.3) is 0 Å². The Morgan fingerprint density at radius 3 is 2.62 bits per heavy atom. The predicted octanol–water partition coefficient (Wildman–Crippen LogP) is 5.15. The third-order valence-electron chi connectivity index (χ3n) is 5.46. The molecule has 29 heavy (non-hydrogen) atoms. The van der Waals surface area contributed by atoms with E-state index >= 15 is 0 Å². The highest BCUT2D eigenvalue weighted by molar-refractivity contribution is 6.08. The quantitative estimate of drug-likeness (QED) is 0.347. The average Bonchev–Trinajstić information content (AvgIpc) is 3.29. The largest absolute Gasteiger partial charge is 0.451 e. The minimum absolute atomic E-state index is 0.239. The average molecular weight is 381 g/mol. The topological polar surface area (TPSA) is 59.5 Å². The fourth-order valence-corrected chi connectivity index (χ4v) is 3.83. The molecule has 0 aliphatic rings. The van der Waals surface area contributed by atoms with E-state index in [4.69, 9.17) is 4.42 Å². The van der Waals surface area contributed by atoms with Crippen LogP contribution in [-0.4, -0.2) is 16.7 Å². The third kappa shape index (κ3) is 2.79. The van der Waals surface area contributed by atoms with Gasteiger partial charge in [0.1, 0.15) is 5.58 Å². The van der Waals surface area contributed by atoms with Crippen LogP contribution in [0.1, 0.15) is 21.8 Å². The zero-order valence-corrected chi connectivity index (χ0v) is 16.1. The van der Waals surface area contributed by atoms with E-state index in [-0.39, 0.29) is 11.7 Å². The van der Waals surface area contributed by atoms with Crippen molar-refractivity contribution in [3.8, 4) is 0 Å². The molecule has 0 aliphatic carbocycles. The number of benzene rings is 3. The second kappa shape index (κ2) is 6.63. The molecule has 1 N–H and O–H groups in total. The first-order valence-electron chi connectivity index (χ1n) is 9.42. The van der Waals surface area contributed by atoms with E-state index in [0.29, 0.717) is 5.58 Å². The van der Waals surface area contributed by atoms with Crippen LogP contribution >= 0.6 is 0 Å². The van der Waals surface area contributed by atoms with Gasteiger partial charge in [-0.3, -0.25) is 4.79 Å². The number of nitrogens with zero attached hydrogens (tertiary/aromatic N) is 2. The highest BCUT2D eigenvalue weighted by Gasteiger charge is 2.14. The van der Waals surface area contributed by atoms with E-state index in [2.05, 4.69) is 27.2 Å². The van der Waals surface area contributed by atoms with Gasteiger partial charge >= 0.3 is 5.91 Å². The highest BCUT2D eigenvalue weighted by Crippen LogP contribution is 2.28. The number of fused-ring (bicyclic) bond motifs is 4. The molecule has 0 radical (unpaired) electrons. The SMILES string of the molecule is Cc1c(/C=N/NC(=O)c2cc3c(ccc4ccccc43)o2)c2ccccc2n1C. The molecule has 142 valence electrons. The molecule has 3 aromatic carbocycles. The van der Waals surface area contributed by atoms with Gasteiger partial charge in [0, 0.05) is 34.6 Å². The van der Waals surface area contributed by atoms with Crippen LogP contribution in [0.5, 0.6) is 0 Å². The van der Waals surface area contributed by atoms with E-state index in [1.54, 1.807) is 12.3 Å². The Morgan fingerprint density at radius 2 is 1.76 bits per heavy atom. The number of nitrogens with one attached hydrogen (secondary N) is 1. The molecule has 0 fully saturated rings. The van der Waals surface area contributed by atoms with Crippen molar-refractivity contribution in [2.24, 2.45) is 12.1 Å². The van der Waals surface area contributed by atoms with E-state index < -0.39 is 0 Å². The summed E-state index contributed by atoms with van der Waals surface area (Å²) in [5.74, 6) is -0.137. The summed E-state index contributed by atoms with van der Waals surface area (Å²) in [4.78, 5) is 12.6. The standard InChI is InChI=1S/C24H19N3O2/c1-15-20(18-9-5-6-10-21(18)27(15)2)14-25-26-24(28)23-13-19-17-8-4-3-7-16(17)11-12-22(19)29-23/h3-14H,1-2H3,(H,26,28)/b25-14+. The van der Waals surface area contributed by atoms with E-state index in [0.717, 1.165) is 38.3 Å². The molecular weight excluding hydrogens is 362 g/mol. The summed E-state index contributed by atoms with van der Waals surface area (Å²) in [6, 6.07) is 21.8. The van der Waals surface area contributed by atoms with Crippen molar-refractivity contribution >= 4 is 44.8 Å². The van der Waals surface area contributed by atoms with Crippen LogP contribution < -0.4 is 5.43 Å². The summed E-state index contributed by atoms with van der Waals surface area (Å²) in [6.07, 6.45) is 1.69. The number of hydrazone groups is 1.